The Kier molecular flexibility index (Phi) is 3.61. The van der Waals surface area contributed by atoms with Gasteiger partial charge in [0.2, 0.25) is 0 Å². The highest BCUT2D eigenvalue weighted by Gasteiger charge is 2.07. The number of phenols is 1. The Morgan fingerprint density at radius 2 is 1.84 bits per heavy atom. The van der Waals surface area contributed by atoms with Gasteiger partial charge >= 0.3 is 5.95 Å². The Balaban J connectivity index is 2.22. The number of phenolic OH excluding ortho intramolecular Hbond substituents is 1. The lowest BCUT2D eigenvalue weighted by Gasteiger charge is -2.03. The Hall–Kier alpha value is -2.63. The molecule has 1 heterocycles. The number of hydrogen-bond acceptors (Lipinski definition) is 3. The number of nitrogens with two attached hydrogens (primary N) is 1. The van der Waals surface area contributed by atoms with Crippen LogP contribution in [-0.2, 0) is 0 Å². The van der Waals surface area contributed by atoms with E-state index in [1.54, 1.807) is 24.3 Å². The van der Waals surface area contributed by atoms with E-state index in [9.17, 15) is 5.11 Å². The molecule has 1 aromatic heterocycles. The molecule has 0 amide bonds. The molecule has 0 unspecified atom stereocenters. The van der Waals surface area contributed by atoms with Gasteiger partial charge in [-0.15, -0.1) is 9.97 Å². The van der Waals surface area contributed by atoms with Gasteiger partial charge in [0.15, 0.2) is 0 Å². The van der Waals surface area contributed by atoms with Crippen molar-refractivity contribution in [2.24, 2.45) is 5.73 Å². The van der Waals surface area contributed by atoms with Crippen LogP contribution in [0.2, 0.25) is 0 Å². The molecule has 0 saturated carbocycles. The number of aryl methyl sites for hydroxylation is 2. The Morgan fingerprint density at radius 3 is 2.47 bits per heavy atom. The number of hydrogen-bond donors (Lipinski definition) is 4. The maximum absolute atomic E-state index is 9.62. The van der Waals surface area contributed by atoms with Crippen LogP contribution in [-0.4, -0.2) is 21.0 Å². The molecule has 0 atom stereocenters. The summed E-state index contributed by atoms with van der Waals surface area (Å²) in [6.07, 6.45) is 0. The molecule has 0 saturated heterocycles. The molecule has 0 aliphatic carbocycles. The second-order valence-electron chi connectivity index (χ2n) is 4.16. The van der Waals surface area contributed by atoms with Crippen LogP contribution in [0.3, 0.4) is 0 Å². The quantitative estimate of drug-likeness (QED) is 0.343. The van der Waals surface area contributed by atoms with E-state index in [0.29, 0.717) is 11.6 Å². The molecule has 0 fully saturated rings. The zero-order valence-electron chi connectivity index (χ0n) is 10.8. The van der Waals surface area contributed by atoms with Crippen molar-refractivity contribution in [3.8, 4) is 5.75 Å². The van der Waals surface area contributed by atoms with E-state index in [0.717, 1.165) is 11.4 Å². The van der Waals surface area contributed by atoms with Gasteiger partial charge in [-0.25, -0.2) is 4.99 Å². The maximum atomic E-state index is 9.62. The number of para-hydroxylation sites is 2. The molecule has 1 aromatic carbocycles. The zero-order chi connectivity index (χ0) is 13.8. The van der Waals surface area contributed by atoms with Crippen molar-refractivity contribution < 1.29 is 10.1 Å². The average molecular weight is 258 g/mol. The standard InChI is InChI=1S/C13H15N5O/c1-8-7-9(2)16-13(15-8)18-12(14)17-10-5-3-4-6-11(10)19/h3-7,19H,1-2H3,(H3,14,15,16,17,18)/p+1. The summed E-state index contributed by atoms with van der Waals surface area (Å²) >= 11 is 0. The lowest BCUT2D eigenvalue weighted by Crippen LogP contribution is -2.72. The SMILES string of the molecule is Cc1cc(C)nc([NH+]=C(N)Nc2ccccc2O)n1. The molecule has 6 nitrogen and oxygen atoms in total. The van der Waals surface area contributed by atoms with Gasteiger partial charge in [-0.3, -0.25) is 5.32 Å². The van der Waals surface area contributed by atoms with E-state index in [1.165, 1.54) is 0 Å². The van der Waals surface area contributed by atoms with Gasteiger partial charge in [0, 0.05) is 6.07 Å². The minimum absolute atomic E-state index is 0.119. The fraction of sp³-hybridized carbons (Fsp3) is 0.154. The van der Waals surface area contributed by atoms with Crippen molar-refractivity contribution in [1.82, 2.24) is 9.97 Å². The number of aromatic hydroxyl groups is 1. The summed E-state index contributed by atoms with van der Waals surface area (Å²) in [6, 6.07) is 8.69. The molecule has 2 aromatic rings. The lowest BCUT2D eigenvalue weighted by molar-refractivity contribution is -0.365. The second kappa shape index (κ2) is 5.34. The summed E-state index contributed by atoms with van der Waals surface area (Å²) < 4.78 is 0. The normalized spacial score (nSPS) is 11.4. The molecular formula is C13H16N5O+. The van der Waals surface area contributed by atoms with Crippen molar-refractivity contribution >= 4 is 17.6 Å². The molecule has 0 aliphatic heterocycles. The van der Waals surface area contributed by atoms with Crippen LogP contribution in [0.5, 0.6) is 5.75 Å². The number of guanidine groups is 1. The molecule has 2 rings (SSSR count). The van der Waals surface area contributed by atoms with E-state index < -0.39 is 0 Å². The fourth-order valence-electron chi connectivity index (χ4n) is 1.66. The van der Waals surface area contributed by atoms with Crippen LogP contribution in [0.1, 0.15) is 11.4 Å². The van der Waals surface area contributed by atoms with E-state index in [-0.39, 0.29) is 11.7 Å². The van der Waals surface area contributed by atoms with Crippen molar-refractivity contribution in [3.63, 3.8) is 0 Å². The number of nitrogens with one attached hydrogen (secondary N) is 2. The summed E-state index contributed by atoms with van der Waals surface area (Å²) in [7, 11) is 0. The minimum Gasteiger partial charge on any atom is -0.505 e. The van der Waals surface area contributed by atoms with Crippen molar-refractivity contribution in [2.45, 2.75) is 13.8 Å². The highest BCUT2D eigenvalue weighted by molar-refractivity contribution is 5.89. The number of aromatic nitrogens is 2. The highest BCUT2D eigenvalue weighted by Crippen LogP contribution is 2.20. The van der Waals surface area contributed by atoms with Gasteiger partial charge in [0.1, 0.15) is 11.4 Å². The first kappa shape index (κ1) is 12.8. The monoisotopic (exact) mass is 258 g/mol. The third-order valence-corrected chi connectivity index (χ3v) is 2.40. The second-order valence-corrected chi connectivity index (χ2v) is 4.16. The number of nitrogens with zero attached hydrogens (tertiary/aromatic N) is 2. The van der Waals surface area contributed by atoms with Gasteiger partial charge in [-0.05, 0) is 26.0 Å². The molecule has 98 valence electrons. The summed E-state index contributed by atoms with van der Waals surface area (Å²) in [5, 5.41) is 12.5. The van der Waals surface area contributed by atoms with Crippen LogP contribution in [0.4, 0.5) is 11.6 Å². The van der Waals surface area contributed by atoms with E-state index >= 15 is 0 Å². The molecule has 0 spiro atoms. The fourth-order valence-corrected chi connectivity index (χ4v) is 1.66. The highest BCUT2D eigenvalue weighted by atomic mass is 16.3. The number of benzene rings is 1. The smallest absolute Gasteiger partial charge is 0.354 e. The number of rotatable bonds is 2. The predicted molar refractivity (Wildman–Crippen MR) is 73.1 cm³/mol. The van der Waals surface area contributed by atoms with Crippen molar-refractivity contribution in [3.05, 3.63) is 41.7 Å². The van der Waals surface area contributed by atoms with E-state index in [4.69, 9.17) is 5.73 Å². The Labute approximate surface area is 111 Å². The summed E-state index contributed by atoms with van der Waals surface area (Å²) in [5.41, 5.74) is 8.03. The molecule has 5 N–H and O–H groups in total. The Morgan fingerprint density at radius 1 is 1.21 bits per heavy atom. The first-order chi connectivity index (χ1) is 9.04. The van der Waals surface area contributed by atoms with Crippen LogP contribution in [0.15, 0.2) is 30.3 Å². The van der Waals surface area contributed by atoms with Crippen molar-refractivity contribution in [2.75, 3.05) is 5.32 Å². The first-order valence-corrected chi connectivity index (χ1v) is 5.81. The Bertz CT molecular complexity index is 604. The van der Waals surface area contributed by atoms with Gasteiger partial charge in [0.25, 0.3) is 5.96 Å². The third kappa shape index (κ3) is 3.41. The van der Waals surface area contributed by atoms with Crippen LogP contribution >= 0.6 is 0 Å². The first-order valence-electron chi connectivity index (χ1n) is 5.81. The van der Waals surface area contributed by atoms with Crippen LogP contribution in [0.25, 0.3) is 0 Å². The van der Waals surface area contributed by atoms with Crippen LogP contribution in [0, 0.1) is 13.8 Å². The summed E-state index contributed by atoms with van der Waals surface area (Å²) in [4.78, 5) is 11.3. The molecule has 0 bridgehead atoms. The molecule has 6 heteroatoms. The molecular weight excluding hydrogens is 242 g/mol. The molecule has 0 aliphatic rings. The molecule has 19 heavy (non-hydrogen) atoms. The van der Waals surface area contributed by atoms with E-state index in [1.807, 2.05) is 19.9 Å². The summed E-state index contributed by atoms with van der Waals surface area (Å²) in [5.74, 6) is 0.776. The topological polar surface area (TPSA) is 98.0 Å². The predicted octanol–water partition coefficient (Wildman–Crippen LogP) is -0.0621. The number of anilines is 1. The van der Waals surface area contributed by atoms with E-state index in [2.05, 4.69) is 20.3 Å². The van der Waals surface area contributed by atoms with Gasteiger partial charge in [-0.1, -0.05) is 12.1 Å². The van der Waals surface area contributed by atoms with Gasteiger partial charge in [0.05, 0.1) is 11.4 Å². The van der Waals surface area contributed by atoms with Crippen LogP contribution < -0.4 is 16.0 Å². The van der Waals surface area contributed by atoms with Crippen molar-refractivity contribution in [1.29, 1.82) is 0 Å². The summed E-state index contributed by atoms with van der Waals surface area (Å²) in [6.45, 7) is 3.76. The maximum Gasteiger partial charge on any atom is 0.354 e. The zero-order valence-corrected chi connectivity index (χ0v) is 10.8. The van der Waals surface area contributed by atoms with Gasteiger partial charge < -0.3 is 10.8 Å². The average Bonchev–Trinajstić information content (AvgIpc) is 2.30. The largest absolute Gasteiger partial charge is 0.505 e. The van der Waals surface area contributed by atoms with Gasteiger partial charge in [-0.2, -0.15) is 0 Å². The minimum atomic E-state index is 0.119. The third-order valence-electron chi connectivity index (χ3n) is 2.40. The lowest BCUT2D eigenvalue weighted by atomic mass is 10.3. The molecule has 0 radical (unpaired) electrons.